The lowest BCUT2D eigenvalue weighted by Crippen LogP contribution is -2.17. The third kappa shape index (κ3) is 3.31. The number of nitrogens with zero attached hydrogens (tertiary/aromatic N) is 3. The van der Waals surface area contributed by atoms with E-state index in [1.807, 2.05) is 6.92 Å². The summed E-state index contributed by atoms with van der Waals surface area (Å²) in [5.74, 6) is 0.337. The summed E-state index contributed by atoms with van der Waals surface area (Å²) in [5.41, 5.74) is 5.79. The van der Waals surface area contributed by atoms with Gasteiger partial charge in [-0.3, -0.25) is 0 Å². The van der Waals surface area contributed by atoms with Crippen LogP contribution in [-0.2, 0) is 12.6 Å². The molecule has 0 bridgehead atoms. The number of aromatic nitrogens is 3. The Morgan fingerprint density at radius 1 is 1.32 bits per heavy atom. The molecule has 0 aliphatic heterocycles. The number of alkyl halides is 3. The van der Waals surface area contributed by atoms with E-state index in [9.17, 15) is 13.2 Å². The largest absolute Gasteiger partial charge is 0.419 e. The lowest BCUT2D eigenvalue weighted by molar-refractivity contribution is -0.137. The molecule has 0 spiro atoms. The minimum Gasteiger partial charge on any atom is -0.328 e. The van der Waals surface area contributed by atoms with Gasteiger partial charge >= 0.3 is 6.18 Å². The van der Waals surface area contributed by atoms with Crippen LogP contribution in [0.1, 0.15) is 18.1 Å². The van der Waals surface area contributed by atoms with Gasteiger partial charge in [-0.05, 0) is 25.0 Å². The Labute approximate surface area is 108 Å². The van der Waals surface area contributed by atoms with Crippen LogP contribution in [0.2, 0.25) is 0 Å². The number of pyridine rings is 1. The Kier molecular flexibility index (Phi) is 3.57. The quantitative estimate of drug-likeness (QED) is 0.930. The second kappa shape index (κ2) is 5.00. The first-order valence-corrected chi connectivity index (χ1v) is 5.69. The van der Waals surface area contributed by atoms with Crippen LogP contribution in [0.5, 0.6) is 0 Å². The van der Waals surface area contributed by atoms with E-state index < -0.39 is 11.7 Å². The molecule has 0 fully saturated rings. The average molecular weight is 270 g/mol. The highest BCUT2D eigenvalue weighted by atomic mass is 19.4. The predicted octanol–water partition coefficient (Wildman–Crippen LogP) is 2.18. The lowest BCUT2D eigenvalue weighted by Gasteiger charge is -2.06. The van der Waals surface area contributed by atoms with Crippen molar-refractivity contribution in [2.75, 3.05) is 0 Å². The molecule has 0 radical (unpaired) electrons. The first kappa shape index (κ1) is 13.5. The molecule has 2 rings (SSSR count). The van der Waals surface area contributed by atoms with Crippen molar-refractivity contribution in [1.82, 2.24) is 14.8 Å². The molecule has 4 nitrogen and oxygen atoms in total. The molecule has 102 valence electrons. The molecule has 2 aromatic heterocycles. The van der Waals surface area contributed by atoms with Gasteiger partial charge in [0.25, 0.3) is 0 Å². The Hall–Kier alpha value is -1.89. The van der Waals surface area contributed by atoms with E-state index in [0.29, 0.717) is 12.2 Å². The third-order valence-electron chi connectivity index (χ3n) is 2.51. The summed E-state index contributed by atoms with van der Waals surface area (Å²) in [6.45, 7) is 1.87. The highest BCUT2D eigenvalue weighted by Crippen LogP contribution is 2.28. The van der Waals surface area contributed by atoms with Gasteiger partial charge in [0.05, 0.1) is 11.8 Å². The van der Waals surface area contributed by atoms with Gasteiger partial charge in [0, 0.05) is 18.4 Å². The van der Waals surface area contributed by atoms with Crippen molar-refractivity contribution < 1.29 is 13.2 Å². The molecule has 2 heterocycles. The van der Waals surface area contributed by atoms with Crippen LogP contribution in [0.15, 0.2) is 30.7 Å². The van der Waals surface area contributed by atoms with E-state index >= 15 is 0 Å². The molecule has 7 heteroatoms. The fourth-order valence-electron chi connectivity index (χ4n) is 1.64. The highest BCUT2D eigenvalue weighted by molar-refractivity contribution is 5.26. The van der Waals surface area contributed by atoms with Crippen molar-refractivity contribution in [2.45, 2.75) is 25.6 Å². The number of hydrogen-bond acceptors (Lipinski definition) is 3. The first-order chi connectivity index (χ1) is 8.86. The third-order valence-corrected chi connectivity index (χ3v) is 2.51. The van der Waals surface area contributed by atoms with E-state index in [2.05, 4.69) is 10.1 Å². The van der Waals surface area contributed by atoms with Crippen LogP contribution in [0, 0.1) is 0 Å². The molecule has 1 unspecified atom stereocenters. The Bertz CT molecular complexity index is 543. The van der Waals surface area contributed by atoms with Crippen LogP contribution in [0.4, 0.5) is 13.2 Å². The summed E-state index contributed by atoms with van der Waals surface area (Å²) in [6.07, 6.45) is -0.452. The maximum atomic E-state index is 12.4. The van der Waals surface area contributed by atoms with Gasteiger partial charge in [0.2, 0.25) is 0 Å². The summed E-state index contributed by atoms with van der Waals surface area (Å²) < 4.78 is 38.4. The van der Waals surface area contributed by atoms with Crippen molar-refractivity contribution in [3.8, 4) is 5.82 Å². The van der Waals surface area contributed by atoms with Gasteiger partial charge in [-0.2, -0.15) is 18.3 Å². The summed E-state index contributed by atoms with van der Waals surface area (Å²) in [5, 5.41) is 3.65. The fourth-order valence-corrected chi connectivity index (χ4v) is 1.64. The van der Waals surface area contributed by atoms with Crippen LogP contribution in [0.25, 0.3) is 5.82 Å². The van der Waals surface area contributed by atoms with Gasteiger partial charge in [-0.25, -0.2) is 9.67 Å². The SMILES string of the molecule is CC(N)Cc1ccc(-n2cc(C(F)(F)F)cn2)nc1. The zero-order chi connectivity index (χ0) is 14.0. The zero-order valence-electron chi connectivity index (χ0n) is 10.2. The molecule has 2 N–H and O–H groups in total. The van der Waals surface area contributed by atoms with Crippen LogP contribution in [0.3, 0.4) is 0 Å². The standard InChI is InChI=1S/C12H13F3N4/c1-8(16)4-9-2-3-11(17-5-9)19-7-10(6-18-19)12(13,14)15/h2-3,5-8H,4,16H2,1H3. The highest BCUT2D eigenvalue weighted by Gasteiger charge is 2.32. The summed E-state index contributed by atoms with van der Waals surface area (Å²) in [7, 11) is 0. The van der Waals surface area contributed by atoms with E-state index in [1.54, 1.807) is 18.3 Å². The zero-order valence-corrected chi connectivity index (χ0v) is 10.2. The van der Waals surface area contributed by atoms with E-state index in [4.69, 9.17) is 5.73 Å². The average Bonchev–Trinajstić information content (AvgIpc) is 2.78. The number of hydrogen-bond donors (Lipinski definition) is 1. The molecule has 0 saturated carbocycles. The topological polar surface area (TPSA) is 56.7 Å². The summed E-state index contributed by atoms with van der Waals surface area (Å²) in [6, 6.07) is 3.40. The maximum Gasteiger partial charge on any atom is 0.419 e. The van der Waals surface area contributed by atoms with Crippen molar-refractivity contribution in [1.29, 1.82) is 0 Å². The molecule has 0 amide bonds. The molecule has 1 atom stereocenters. The number of rotatable bonds is 3. The molecule has 0 aliphatic carbocycles. The first-order valence-electron chi connectivity index (χ1n) is 5.69. The van der Waals surface area contributed by atoms with Crippen molar-refractivity contribution in [2.24, 2.45) is 5.73 Å². The molecular weight excluding hydrogens is 257 g/mol. The normalized spacial score (nSPS) is 13.5. The van der Waals surface area contributed by atoms with Crippen molar-refractivity contribution in [3.05, 3.63) is 41.9 Å². The smallest absolute Gasteiger partial charge is 0.328 e. The van der Waals surface area contributed by atoms with Gasteiger partial charge in [0.15, 0.2) is 5.82 Å². The van der Waals surface area contributed by atoms with Crippen molar-refractivity contribution in [3.63, 3.8) is 0 Å². The molecule has 0 aliphatic rings. The Balaban J connectivity index is 2.20. The molecule has 2 aromatic rings. The molecule has 0 aromatic carbocycles. The van der Waals surface area contributed by atoms with Gasteiger partial charge in [0.1, 0.15) is 0 Å². The van der Waals surface area contributed by atoms with Gasteiger partial charge in [-0.15, -0.1) is 0 Å². The molecule has 19 heavy (non-hydrogen) atoms. The minimum atomic E-state index is -4.40. The predicted molar refractivity (Wildman–Crippen MR) is 63.7 cm³/mol. The minimum absolute atomic E-state index is 0.00850. The van der Waals surface area contributed by atoms with Crippen LogP contribution >= 0.6 is 0 Å². The second-order valence-corrected chi connectivity index (χ2v) is 4.38. The molecular formula is C12H13F3N4. The molecule has 0 saturated heterocycles. The van der Waals surface area contributed by atoms with E-state index in [-0.39, 0.29) is 6.04 Å². The van der Waals surface area contributed by atoms with Crippen molar-refractivity contribution >= 4 is 0 Å². The Morgan fingerprint density at radius 2 is 2.05 bits per heavy atom. The van der Waals surface area contributed by atoms with Crippen LogP contribution in [-0.4, -0.2) is 20.8 Å². The summed E-state index contributed by atoms with van der Waals surface area (Å²) >= 11 is 0. The second-order valence-electron chi connectivity index (χ2n) is 4.38. The van der Waals surface area contributed by atoms with Crippen LogP contribution < -0.4 is 5.73 Å². The van der Waals surface area contributed by atoms with Gasteiger partial charge < -0.3 is 5.73 Å². The van der Waals surface area contributed by atoms with Gasteiger partial charge in [-0.1, -0.05) is 6.07 Å². The fraction of sp³-hybridized carbons (Fsp3) is 0.333. The number of halogens is 3. The van der Waals surface area contributed by atoms with E-state index in [1.165, 1.54) is 0 Å². The monoisotopic (exact) mass is 270 g/mol. The Morgan fingerprint density at radius 3 is 2.53 bits per heavy atom. The van der Waals surface area contributed by atoms with E-state index in [0.717, 1.165) is 22.6 Å². The lowest BCUT2D eigenvalue weighted by atomic mass is 10.1. The number of nitrogens with two attached hydrogens (primary N) is 1. The maximum absolute atomic E-state index is 12.4. The summed E-state index contributed by atoms with van der Waals surface area (Å²) in [4.78, 5) is 4.07.